The Balaban J connectivity index is 2.35. The molecular weight excluding hydrogens is 331 g/mol. The highest BCUT2D eigenvalue weighted by Crippen LogP contribution is 2.23. The number of halogens is 1. The van der Waals surface area contributed by atoms with Gasteiger partial charge in [0.2, 0.25) is 15.9 Å². The minimum Gasteiger partial charge on any atom is -0.324 e. The minimum absolute atomic E-state index is 0.244. The van der Waals surface area contributed by atoms with E-state index in [1.54, 1.807) is 31.2 Å². The number of rotatable bonds is 6. The van der Waals surface area contributed by atoms with Crippen LogP contribution in [0.25, 0.3) is 0 Å². The van der Waals surface area contributed by atoms with E-state index in [1.807, 2.05) is 6.07 Å². The van der Waals surface area contributed by atoms with Crippen LogP contribution in [0.5, 0.6) is 0 Å². The fourth-order valence-electron chi connectivity index (χ4n) is 2.40. The van der Waals surface area contributed by atoms with Crippen molar-refractivity contribution in [2.24, 2.45) is 0 Å². The van der Waals surface area contributed by atoms with E-state index in [0.717, 1.165) is 22.7 Å². The van der Waals surface area contributed by atoms with Gasteiger partial charge in [-0.25, -0.2) is 12.8 Å². The third-order valence-electron chi connectivity index (χ3n) is 3.45. The zero-order chi connectivity index (χ0) is 17.7. The molecule has 0 heterocycles. The molecule has 24 heavy (non-hydrogen) atoms. The van der Waals surface area contributed by atoms with E-state index in [9.17, 15) is 17.6 Å². The molecule has 0 fully saturated rings. The fraction of sp³-hybridized carbons (Fsp3) is 0.235. The molecule has 0 saturated heterocycles. The zero-order valence-corrected chi connectivity index (χ0v) is 14.3. The topological polar surface area (TPSA) is 66.5 Å². The summed E-state index contributed by atoms with van der Waals surface area (Å²) in [6, 6.07) is 12.9. The van der Waals surface area contributed by atoms with Gasteiger partial charge in [-0.1, -0.05) is 25.1 Å². The number of anilines is 2. The first-order chi connectivity index (χ1) is 11.3. The molecular formula is C17H19FN2O3S. The quantitative estimate of drug-likeness (QED) is 0.871. The van der Waals surface area contributed by atoms with Gasteiger partial charge >= 0.3 is 0 Å². The Bertz CT molecular complexity index is 792. The number of hydrogen-bond donors (Lipinski definition) is 1. The van der Waals surface area contributed by atoms with Crippen molar-refractivity contribution in [2.75, 3.05) is 15.9 Å². The fourth-order valence-corrected chi connectivity index (χ4v) is 3.61. The van der Waals surface area contributed by atoms with E-state index < -0.39 is 27.8 Å². The van der Waals surface area contributed by atoms with Gasteiger partial charge in [-0.2, -0.15) is 0 Å². The minimum atomic E-state index is -3.73. The highest BCUT2D eigenvalue weighted by Gasteiger charge is 2.31. The molecule has 0 aliphatic rings. The van der Waals surface area contributed by atoms with Gasteiger partial charge < -0.3 is 5.32 Å². The number of nitrogens with one attached hydrogen (secondary N) is 1. The molecule has 1 atom stereocenters. The Hall–Kier alpha value is -2.41. The summed E-state index contributed by atoms with van der Waals surface area (Å²) < 4.78 is 38.6. The number of sulfonamides is 1. The highest BCUT2D eigenvalue weighted by molar-refractivity contribution is 7.92. The number of amides is 1. The molecule has 1 amide bonds. The van der Waals surface area contributed by atoms with Crippen molar-refractivity contribution in [2.45, 2.75) is 19.4 Å². The Kier molecular flexibility index (Phi) is 5.56. The predicted octanol–water partition coefficient (Wildman–Crippen LogP) is 3.01. The van der Waals surface area contributed by atoms with E-state index >= 15 is 0 Å². The first-order valence-corrected chi connectivity index (χ1v) is 9.28. The Morgan fingerprint density at radius 1 is 1.12 bits per heavy atom. The first kappa shape index (κ1) is 17.9. The van der Waals surface area contributed by atoms with Crippen molar-refractivity contribution in [1.29, 1.82) is 0 Å². The molecule has 0 radical (unpaired) electrons. The van der Waals surface area contributed by atoms with Crippen LogP contribution in [0.3, 0.4) is 0 Å². The van der Waals surface area contributed by atoms with Gasteiger partial charge in [-0.3, -0.25) is 9.10 Å². The summed E-state index contributed by atoms with van der Waals surface area (Å²) in [5.74, 6) is -0.924. The van der Waals surface area contributed by atoms with Gasteiger partial charge in [0, 0.05) is 5.69 Å². The maximum Gasteiger partial charge on any atom is 0.248 e. The van der Waals surface area contributed by atoms with Crippen molar-refractivity contribution in [3.63, 3.8) is 0 Å². The molecule has 0 aromatic heterocycles. The molecule has 0 spiro atoms. The molecule has 5 nitrogen and oxygen atoms in total. The predicted molar refractivity (Wildman–Crippen MR) is 92.9 cm³/mol. The zero-order valence-electron chi connectivity index (χ0n) is 13.4. The van der Waals surface area contributed by atoms with Crippen molar-refractivity contribution in [3.05, 3.63) is 60.4 Å². The van der Waals surface area contributed by atoms with Crippen LogP contribution < -0.4 is 9.62 Å². The summed E-state index contributed by atoms with van der Waals surface area (Å²) in [4.78, 5) is 12.6. The van der Waals surface area contributed by atoms with Gasteiger partial charge in [-0.15, -0.1) is 0 Å². The van der Waals surface area contributed by atoms with Gasteiger partial charge in [-0.05, 0) is 42.8 Å². The number of benzene rings is 2. The van der Waals surface area contributed by atoms with Crippen LogP contribution in [0.2, 0.25) is 0 Å². The third kappa shape index (κ3) is 4.32. The normalized spacial score (nSPS) is 12.5. The Morgan fingerprint density at radius 3 is 2.21 bits per heavy atom. The van der Waals surface area contributed by atoms with Gasteiger partial charge in [0.15, 0.2) is 0 Å². The van der Waals surface area contributed by atoms with E-state index in [-0.39, 0.29) is 12.1 Å². The molecule has 7 heteroatoms. The average molecular weight is 350 g/mol. The van der Waals surface area contributed by atoms with Crippen LogP contribution in [-0.4, -0.2) is 26.6 Å². The van der Waals surface area contributed by atoms with Crippen molar-refractivity contribution >= 4 is 27.3 Å². The molecule has 1 N–H and O–H groups in total. The van der Waals surface area contributed by atoms with Crippen molar-refractivity contribution in [1.82, 2.24) is 0 Å². The Morgan fingerprint density at radius 2 is 1.71 bits per heavy atom. The number of carbonyl (C=O) groups is 1. The molecule has 128 valence electrons. The van der Waals surface area contributed by atoms with Gasteiger partial charge in [0.05, 0.1) is 11.9 Å². The lowest BCUT2D eigenvalue weighted by Gasteiger charge is -2.30. The second-order valence-electron chi connectivity index (χ2n) is 5.31. The van der Waals surface area contributed by atoms with Crippen LogP contribution in [0, 0.1) is 5.82 Å². The second-order valence-corrected chi connectivity index (χ2v) is 7.17. The smallest absolute Gasteiger partial charge is 0.248 e. The number of para-hydroxylation sites is 1. The lowest BCUT2D eigenvalue weighted by molar-refractivity contribution is -0.117. The largest absolute Gasteiger partial charge is 0.324 e. The molecule has 2 aromatic rings. The molecule has 0 aliphatic heterocycles. The van der Waals surface area contributed by atoms with E-state index in [0.29, 0.717) is 5.69 Å². The van der Waals surface area contributed by atoms with Crippen LogP contribution in [-0.2, 0) is 14.8 Å². The first-order valence-electron chi connectivity index (χ1n) is 7.44. The van der Waals surface area contributed by atoms with Crippen molar-refractivity contribution in [3.8, 4) is 0 Å². The van der Waals surface area contributed by atoms with E-state index in [2.05, 4.69) is 5.32 Å². The average Bonchev–Trinajstić information content (AvgIpc) is 2.53. The maximum absolute atomic E-state index is 13.1. The summed E-state index contributed by atoms with van der Waals surface area (Å²) in [7, 11) is -3.73. The van der Waals surface area contributed by atoms with E-state index in [4.69, 9.17) is 0 Å². The van der Waals surface area contributed by atoms with Crippen LogP contribution in [0.4, 0.5) is 15.8 Å². The molecule has 0 saturated carbocycles. The third-order valence-corrected chi connectivity index (χ3v) is 4.63. The van der Waals surface area contributed by atoms with Crippen LogP contribution in [0.15, 0.2) is 54.6 Å². The number of hydrogen-bond acceptors (Lipinski definition) is 3. The van der Waals surface area contributed by atoms with Crippen LogP contribution >= 0.6 is 0 Å². The summed E-state index contributed by atoms with van der Waals surface area (Å²) >= 11 is 0. The monoisotopic (exact) mass is 350 g/mol. The molecule has 0 aliphatic carbocycles. The van der Waals surface area contributed by atoms with Crippen LogP contribution in [0.1, 0.15) is 13.3 Å². The highest BCUT2D eigenvalue weighted by atomic mass is 32.2. The van der Waals surface area contributed by atoms with Crippen molar-refractivity contribution < 1.29 is 17.6 Å². The maximum atomic E-state index is 13.1. The molecule has 0 bridgehead atoms. The van der Waals surface area contributed by atoms with E-state index in [1.165, 1.54) is 12.1 Å². The summed E-state index contributed by atoms with van der Waals surface area (Å²) in [5, 5.41) is 2.71. The molecule has 2 aromatic carbocycles. The molecule has 1 unspecified atom stereocenters. The standard InChI is InChI=1S/C17H19FN2O3S/c1-3-16(17(21)19-14-7-5-4-6-8-14)20(24(2,22)23)15-11-9-13(18)10-12-15/h4-12,16H,3H2,1-2H3,(H,19,21). The molecule has 2 rings (SSSR count). The summed E-state index contributed by atoms with van der Waals surface area (Å²) in [6.45, 7) is 1.72. The Labute approximate surface area is 141 Å². The van der Waals surface area contributed by atoms with Gasteiger partial charge in [0.25, 0.3) is 0 Å². The second kappa shape index (κ2) is 7.44. The lowest BCUT2D eigenvalue weighted by atomic mass is 10.2. The number of nitrogens with zero attached hydrogens (tertiary/aromatic N) is 1. The van der Waals surface area contributed by atoms with Gasteiger partial charge in [0.1, 0.15) is 11.9 Å². The summed E-state index contributed by atoms with van der Waals surface area (Å²) in [6.07, 6.45) is 1.29. The summed E-state index contributed by atoms with van der Waals surface area (Å²) in [5.41, 5.74) is 0.822. The SMILES string of the molecule is CCC(C(=O)Nc1ccccc1)N(c1ccc(F)cc1)S(C)(=O)=O. The number of carbonyl (C=O) groups excluding carboxylic acids is 1. The lowest BCUT2D eigenvalue weighted by Crippen LogP contribution is -2.47.